The van der Waals surface area contributed by atoms with Crippen LogP contribution in [-0.2, 0) is 13.1 Å². The van der Waals surface area contributed by atoms with Gasteiger partial charge in [0, 0.05) is 6.54 Å². The van der Waals surface area contributed by atoms with E-state index in [-0.39, 0.29) is 0 Å². The maximum atomic E-state index is 4.20. The Kier molecular flexibility index (Phi) is 3.63. The molecule has 0 radical (unpaired) electrons. The SMILES string of the molecule is CNCc1ncnn1CCC(C)(C)C. The Morgan fingerprint density at radius 1 is 1.43 bits per heavy atom. The molecular weight excluding hydrogens is 176 g/mol. The van der Waals surface area contributed by atoms with Gasteiger partial charge in [-0.3, -0.25) is 0 Å². The van der Waals surface area contributed by atoms with E-state index in [4.69, 9.17) is 0 Å². The second-order valence-corrected chi connectivity index (χ2v) is 4.74. The van der Waals surface area contributed by atoms with Crippen molar-refractivity contribution < 1.29 is 0 Å². The van der Waals surface area contributed by atoms with Gasteiger partial charge < -0.3 is 5.32 Å². The van der Waals surface area contributed by atoms with Crippen LogP contribution in [0.25, 0.3) is 0 Å². The summed E-state index contributed by atoms with van der Waals surface area (Å²) in [5.74, 6) is 1.01. The molecule has 1 heterocycles. The molecule has 0 amide bonds. The highest BCUT2D eigenvalue weighted by molar-refractivity contribution is 4.83. The van der Waals surface area contributed by atoms with Crippen LogP contribution in [0.3, 0.4) is 0 Å². The highest BCUT2D eigenvalue weighted by Crippen LogP contribution is 2.19. The summed E-state index contributed by atoms with van der Waals surface area (Å²) in [6, 6.07) is 0. The molecule has 0 aliphatic carbocycles. The lowest BCUT2D eigenvalue weighted by molar-refractivity contribution is 0.336. The summed E-state index contributed by atoms with van der Waals surface area (Å²) in [4.78, 5) is 4.20. The van der Waals surface area contributed by atoms with Crippen LogP contribution in [0, 0.1) is 5.41 Å². The molecule has 0 saturated heterocycles. The van der Waals surface area contributed by atoms with E-state index in [0.29, 0.717) is 5.41 Å². The molecule has 0 aromatic carbocycles. The van der Waals surface area contributed by atoms with E-state index in [0.717, 1.165) is 25.3 Å². The number of aromatic nitrogens is 3. The number of aryl methyl sites for hydroxylation is 1. The van der Waals surface area contributed by atoms with Crippen LogP contribution in [-0.4, -0.2) is 21.8 Å². The fourth-order valence-electron chi connectivity index (χ4n) is 1.21. The number of nitrogens with one attached hydrogen (secondary N) is 1. The van der Waals surface area contributed by atoms with Gasteiger partial charge in [0.2, 0.25) is 0 Å². The van der Waals surface area contributed by atoms with Gasteiger partial charge in [-0.15, -0.1) is 0 Å². The van der Waals surface area contributed by atoms with Crippen molar-refractivity contribution >= 4 is 0 Å². The van der Waals surface area contributed by atoms with Gasteiger partial charge in [-0.05, 0) is 18.9 Å². The number of rotatable bonds is 4. The third-order valence-corrected chi connectivity index (χ3v) is 2.10. The molecule has 0 spiro atoms. The maximum Gasteiger partial charge on any atom is 0.140 e. The minimum Gasteiger partial charge on any atom is -0.313 e. The van der Waals surface area contributed by atoms with Gasteiger partial charge in [0.05, 0.1) is 6.54 Å². The first-order valence-corrected chi connectivity index (χ1v) is 5.04. The Bertz CT molecular complexity index is 272. The van der Waals surface area contributed by atoms with E-state index in [1.54, 1.807) is 6.33 Å². The predicted octanol–water partition coefficient (Wildman–Crippen LogP) is 1.43. The van der Waals surface area contributed by atoms with Gasteiger partial charge in [0.25, 0.3) is 0 Å². The molecule has 0 saturated carbocycles. The largest absolute Gasteiger partial charge is 0.313 e. The van der Waals surface area contributed by atoms with Crippen LogP contribution in [0.2, 0.25) is 0 Å². The molecule has 1 N–H and O–H groups in total. The summed E-state index contributed by atoms with van der Waals surface area (Å²) >= 11 is 0. The zero-order valence-electron chi connectivity index (χ0n) is 9.54. The first-order valence-electron chi connectivity index (χ1n) is 5.04. The van der Waals surface area contributed by atoms with E-state index in [9.17, 15) is 0 Å². The number of nitrogens with zero attached hydrogens (tertiary/aromatic N) is 3. The summed E-state index contributed by atoms with van der Waals surface area (Å²) in [6.07, 6.45) is 2.74. The van der Waals surface area contributed by atoms with Crippen molar-refractivity contribution in [3.05, 3.63) is 12.2 Å². The molecule has 0 aliphatic heterocycles. The lowest BCUT2D eigenvalue weighted by Gasteiger charge is -2.18. The van der Waals surface area contributed by atoms with Crippen LogP contribution in [0.4, 0.5) is 0 Å². The van der Waals surface area contributed by atoms with Crippen molar-refractivity contribution in [3.8, 4) is 0 Å². The Balaban J connectivity index is 2.53. The number of hydrogen-bond donors (Lipinski definition) is 1. The molecule has 14 heavy (non-hydrogen) atoms. The molecule has 4 heteroatoms. The molecule has 0 fully saturated rings. The Morgan fingerprint density at radius 2 is 2.14 bits per heavy atom. The molecule has 1 aromatic rings. The van der Waals surface area contributed by atoms with Crippen molar-refractivity contribution in [2.75, 3.05) is 7.05 Å². The smallest absolute Gasteiger partial charge is 0.140 e. The van der Waals surface area contributed by atoms with Crippen molar-refractivity contribution in [2.45, 2.75) is 40.3 Å². The highest BCUT2D eigenvalue weighted by Gasteiger charge is 2.11. The number of hydrogen-bond acceptors (Lipinski definition) is 3. The third kappa shape index (κ3) is 3.46. The molecular formula is C10H20N4. The average molecular weight is 196 g/mol. The minimum absolute atomic E-state index is 0.350. The summed E-state index contributed by atoms with van der Waals surface area (Å²) in [5, 5.41) is 7.29. The molecule has 1 rings (SSSR count). The zero-order valence-corrected chi connectivity index (χ0v) is 9.54. The van der Waals surface area contributed by atoms with Crippen LogP contribution in [0.5, 0.6) is 0 Å². The Morgan fingerprint density at radius 3 is 2.71 bits per heavy atom. The predicted molar refractivity (Wildman–Crippen MR) is 56.9 cm³/mol. The van der Waals surface area contributed by atoms with Gasteiger partial charge in [-0.2, -0.15) is 5.10 Å². The molecule has 0 bridgehead atoms. The van der Waals surface area contributed by atoms with Crippen LogP contribution in [0.15, 0.2) is 6.33 Å². The first-order chi connectivity index (χ1) is 6.53. The maximum absolute atomic E-state index is 4.20. The van der Waals surface area contributed by atoms with Gasteiger partial charge in [-0.25, -0.2) is 9.67 Å². The molecule has 0 atom stereocenters. The third-order valence-electron chi connectivity index (χ3n) is 2.10. The van der Waals surface area contributed by atoms with Crippen molar-refractivity contribution in [3.63, 3.8) is 0 Å². The standard InChI is InChI=1S/C10H20N4/c1-10(2,3)5-6-14-9(7-11-4)12-8-13-14/h8,11H,5-7H2,1-4H3. The van der Waals surface area contributed by atoms with Crippen molar-refractivity contribution in [2.24, 2.45) is 5.41 Å². The summed E-state index contributed by atoms with van der Waals surface area (Å²) in [6.45, 7) is 8.44. The van der Waals surface area contributed by atoms with Gasteiger partial charge in [-0.1, -0.05) is 20.8 Å². The van der Waals surface area contributed by atoms with Crippen LogP contribution >= 0.6 is 0 Å². The normalized spacial score (nSPS) is 12.0. The molecule has 0 aliphatic rings. The van der Waals surface area contributed by atoms with E-state index in [1.165, 1.54) is 0 Å². The quantitative estimate of drug-likeness (QED) is 0.792. The molecule has 1 aromatic heterocycles. The molecule has 0 unspecified atom stereocenters. The first kappa shape index (κ1) is 11.2. The second-order valence-electron chi connectivity index (χ2n) is 4.74. The fraction of sp³-hybridized carbons (Fsp3) is 0.800. The van der Waals surface area contributed by atoms with Crippen LogP contribution < -0.4 is 5.32 Å². The summed E-state index contributed by atoms with van der Waals surface area (Å²) < 4.78 is 1.97. The lowest BCUT2D eigenvalue weighted by atomic mass is 9.92. The van der Waals surface area contributed by atoms with E-state index < -0.39 is 0 Å². The van der Waals surface area contributed by atoms with Gasteiger partial charge >= 0.3 is 0 Å². The van der Waals surface area contributed by atoms with Gasteiger partial charge in [0.15, 0.2) is 0 Å². The second kappa shape index (κ2) is 4.55. The van der Waals surface area contributed by atoms with E-state index in [2.05, 4.69) is 36.2 Å². The Hall–Kier alpha value is -0.900. The average Bonchev–Trinajstić information content (AvgIpc) is 2.48. The Labute approximate surface area is 85.7 Å². The lowest BCUT2D eigenvalue weighted by Crippen LogP contribution is -2.16. The molecule has 80 valence electrons. The van der Waals surface area contributed by atoms with E-state index >= 15 is 0 Å². The van der Waals surface area contributed by atoms with Crippen molar-refractivity contribution in [1.82, 2.24) is 20.1 Å². The van der Waals surface area contributed by atoms with Crippen LogP contribution in [0.1, 0.15) is 33.0 Å². The molecule has 4 nitrogen and oxygen atoms in total. The summed E-state index contributed by atoms with van der Waals surface area (Å²) in [7, 11) is 1.92. The zero-order chi connectivity index (χ0) is 10.6. The highest BCUT2D eigenvalue weighted by atomic mass is 15.3. The fourth-order valence-corrected chi connectivity index (χ4v) is 1.21. The minimum atomic E-state index is 0.350. The monoisotopic (exact) mass is 196 g/mol. The van der Waals surface area contributed by atoms with Gasteiger partial charge in [0.1, 0.15) is 12.2 Å². The van der Waals surface area contributed by atoms with Crippen molar-refractivity contribution in [1.29, 1.82) is 0 Å². The van der Waals surface area contributed by atoms with E-state index in [1.807, 2.05) is 11.7 Å². The summed E-state index contributed by atoms with van der Waals surface area (Å²) in [5.41, 5.74) is 0.350. The topological polar surface area (TPSA) is 42.7 Å².